The van der Waals surface area contributed by atoms with Crippen LogP contribution < -0.4 is 5.32 Å². The topological polar surface area (TPSA) is 12.0 Å². The molecule has 0 aromatic carbocycles. The van der Waals surface area contributed by atoms with Crippen LogP contribution in [0.3, 0.4) is 0 Å². The Bertz CT molecular complexity index is 174. The van der Waals surface area contributed by atoms with Gasteiger partial charge in [0.1, 0.15) is 0 Å². The van der Waals surface area contributed by atoms with Gasteiger partial charge in [-0.25, -0.2) is 0 Å². The van der Waals surface area contributed by atoms with Crippen LogP contribution in [0.5, 0.6) is 0 Å². The second-order valence-electron chi connectivity index (χ2n) is 6.22. The first-order chi connectivity index (χ1) is 6.40. The number of hydrogen-bond donors (Lipinski definition) is 1. The first-order valence-electron chi connectivity index (χ1n) is 6.13. The molecule has 1 atom stereocenters. The quantitative estimate of drug-likeness (QED) is 0.710. The minimum atomic E-state index is 0.391. The van der Waals surface area contributed by atoms with Crippen molar-refractivity contribution in [2.75, 3.05) is 6.54 Å². The minimum Gasteiger partial charge on any atom is -0.313 e. The third-order valence-electron chi connectivity index (χ3n) is 3.82. The van der Waals surface area contributed by atoms with Gasteiger partial charge in [-0.1, -0.05) is 34.1 Å². The van der Waals surface area contributed by atoms with Crippen molar-refractivity contribution in [3.63, 3.8) is 0 Å². The molecule has 84 valence electrons. The Morgan fingerprint density at radius 3 is 2.21 bits per heavy atom. The first kappa shape index (κ1) is 12.0. The van der Waals surface area contributed by atoms with E-state index < -0.39 is 0 Å². The van der Waals surface area contributed by atoms with E-state index in [4.69, 9.17) is 0 Å². The Kier molecular flexibility index (Phi) is 3.63. The fourth-order valence-corrected chi connectivity index (χ4v) is 1.90. The Morgan fingerprint density at radius 1 is 1.29 bits per heavy atom. The van der Waals surface area contributed by atoms with Crippen molar-refractivity contribution in [1.29, 1.82) is 0 Å². The molecule has 1 N–H and O–H groups in total. The molecule has 0 bridgehead atoms. The molecular weight excluding hydrogens is 170 g/mol. The third-order valence-corrected chi connectivity index (χ3v) is 3.82. The van der Waals surface area contributed by atoms with Gasteiger partial charge in [-0.2, -0.15) is 0 Å². The Hall–Kier alpha value is -0.0400. The van der Waals surface area contributed by atoms with E-state index in [0.29, 0.717) is 16.9 Å². The van der Waals surface area contributed by atoms with Crippen LogP contribution in [0.2, 0.25) is 0 Å². The Morgan fingerprint density at radius 2 is 1.86 bits per heavy atom. The van der Waals surface area contributed by atoms with Crippen molar-refractivity contribution in [2.45, 2.75) is 66.3 Å². The summed E-state index contributed by atoms with van der Waals surface area (Å²) in [5, 5.41) is 3.71. The van der Waals surface area contributed by atoms with Gasteiger partial charge in [0.15, 0.2) is 0 Å². The summed E-state index contributed by atoms with van der Waals surface area (Å²) in [5.74, 6) is 0. The molecule has 1 fully saturated rings. The second kappa shape index (κ2) is 4.22. The van der Waals surface area contributed by atoms with Crippen LogP contribution in [0.4, 0.5) is 0 Å². The standard InChI is InChI=1S/C13H27N/c1-6-7-13(8-9-13)10-14-11(2)12(3,4)5/h11,14H,6-10H2,1-5H3. The summed E-state index contributed by atoms with van der Waals surface area (Å²) in [7, 11) is 0. The zero-order chi connectivity index (χ0) is 10.8. The van der Waals surface area contributed by atoms with Crippen molar-refractivity contribution in [2.24, 2.45) is 10.8 Å². The Labute approximate surface area is 89.7 Å². The molecule has 1 heteroatoms. The van der Waals surface area contributed by atoms with Gasteiger partial charge in [-0.3, -0.25) is 0 Å². The molecule has 1 aliphatic carbocycles. The van der Waals surface area contributed by atoms with Crippen LogP contribution in [-0.4, -0.2) is 12.6 Å². The zero-order valence-corrected chi connectivity index (χ0v) is 10.6. The lowest BCUT2D eigenvalue weighted by atomic mass is 9.87. The molecule has 1 aliphatic rings. The second-order valence-corrected chi connectivity index (χ2v) is 6.22. The maximum atomic E-state index is 3.71. The number of nitrogens with one attached hydrogen (secondary N) is 1. The SMILES string of the molecule is CCCC1(CNC(C)C(C)(C)C)CC1. The van der Waals surface area contributed by atoms with Crippen LogP contribution in [0, 0.1) is 10.8 Å². The summed E-state index contributed by atoms with van der Waals surface area (Å²) in [4.78, 5) is 0. The van der Waals surface area contributed by atoms with Crippen LogP contribution in [0.1, 0.15) is 60.3 Å². The molecule has 1 saturated carbocycles. The van der Waals surface area contributed by atoms with Gasteiger partial charge in [0.05, 0.1) is 0 Å². The van der Waals surface area contributed by atoms with Crippen molar-refractivity contribution in [1.82, 2.24) is 5.32 Å². The minimum absolute atomic E-state index is 0.391. The third kappa shape index (κ3) is 3.27. The molecule has 0 aromatic heterocycles. The summed E-state index contributed by atoms with van der Waals surface area (Å²) in [5.41, 5.74) is 1.08. The van der Waals surface area contributed by atoms with E-state index in [0.717, 1.165) is 0 Å². The van der Waals surface area contributed by atoms with Gasteiger partial charge >= 0.3 is 0 Å². The highest BCUT2D eigenvalue weighted by Gasteiger charge is 2.41. The Balaban J connectivity index is 2.27. The fraction of sp³-hybridized carbons (Fsp3) is 1.00. The highest BCUT2D eigenvalue weighted by atomic mass is 14.9. The van der Waals surface area contributed by atoms with Gasteiger partial charge in [0.25, 0.3) is 0 Å². The van der Waals surface area contributed by atoms with E-state index >= 15 is 0 Å². The lowest BCUT2D eigenvalue weighted by Gasteiger charge is -2.30. The van der Waals surface area contributed by atoms with Crippen molar-refractivity contribution in [3.05, 3.63) is 0 Å². The molecule has 0 heterocycles. The predicted molar refractivity (Wildman–Crippen MR) is 63.5 cm³/mol. The summed E-state index contributed by atoms with van der Waals surface area (Å²) < 4.78 is 0. The van der Waals surface area contributed by atoms with Crippen LogP contribution in [-0.2, 0) is 0 Å². The molecular formula is C13H27N. The van der Waals surface area contributed by atoms with E-state index in [1.165, 1.54) is 32.2 Å². The van der Waals surface area contributed by atoms with Crippen LogP contribution in [0.15, 0.2) is 0 Å². The van der Waals surface area contributed by atoms with E-state index in [1.54, 1.807) is 0 Å². The van der Waals surface area contributed by atoms with E-state index in [1.807, 2.05) is 0 Å². The zero-order valence-electron chi connectivity index (χ0n) is 10.6. The maximum absolute atomic E-state index is 3.71. The van der Waals surface area contributed by atoms with E-state index in [9.17, 15) is 0 Å². The molecule has 0 spiro atoms. The van der Waals surface area contributed by atoms with E-state index in [-0.39, 0.29) is 0 Å². The molecule has 0 aromatic rings. The average molecular weight is 197 g/mol. The lowest BCUT2D eigenvalue weighted by Crippen LogP contribution is -2.40. The summed E-state index contributed by atoms with van der Waals surface area (Å²) in [6.07, 6.45) is 5.65. The van der Waals surface area contributed by atoms with Crippen molar-refractivity contribution < 1.29 is 0 Å². The molecule has 1 rings (SSSR count). The van der Waals surface area contributed by atoms with Crippen LogP contribution in [0.25, 0.3) is 0 Å². The van der Waals surface area contributed by atoms with E-state index in [2.05, 4.69) is 39.9 Å². The fourth-order valence-electron chi connectivity index (χ4n) is 1.90. The van der Waals surface area contributed by atoms with Gasteiger partial charge in [0, 0.05) is 12.6 Å². The molecule has 0 saturated heterocycles. The normalized spacial score (nSPS) is 22.1. The van der Waals surface area contributed by atoms with Crippen molar-refractivity contribution in [3.8, 4) is 0 Å². The summed E-state index contributed by atoms with van der Waals surface area (Å²) in [6.45, 7) is 12.8. The first-order valence-corrected chi connectivity index (χ1v) is 6.13. The van der Waals surface area contributed by atoms with Crippen LogP contribution >= 0.6 is 0 Å². The molecule has 1 unspecified atom stereocenters. The predicted octanol–water partition coefficient (Wildman–Crippen LogP) is 3.59. The van der Waals surface area contributed by atoms with Gasteiger partial charge < -0.3 is 5.32 Å². The molecule has 0 aliphatic heterocycles. The van der Waals surface area contributed by atoms with Gasteiger partial charge in [0.2, 0.25) is 0 Å². The van der Waals surface area contributed by atoms with Crippen molar-refractivity contribution >= 4 is 0 Å². The molecule has 0 amide bonds. The number of rotatable bonds is 5. The highest BCUT2D eigenvalue weighted by molar-refractivity contribution is 4.95. The monoisotopic (exact) mass is 197 g/mol. The smallest absolute Gasteiger partial charge is 0.00874 e. The largest absolute Gasteiger partial charge is 0.313 e. The number of hydrogen-bond acceptors (Lipinski definition) is 1. The molecule has 0 radical (unpaired) electrons. The average Bonchev–Trinajstić information content (AvgIpc) is 2.80. The molecule has 14 heavy (non-hydrogen) atoms. The molecule has 1 nitrogen and oxygen atoms in total. The lowest BCUT2D eigenvalue weighted by molar-refractivity contribution is 0.264. The highest BCUT2D eigenvalue weighted by Crippen LogP contribution is 2.49. The van der Waals surface area contributed by atoms with Gasteiger partial charge in [-0.15, -0.1) is 0 Å². The summed E-state index contributed by atoms with van der Waals surface area (Å²) in [6, 6.07) is 0.622. The maximum Gasteiger partial charge on any atom is 0.00874 e. The van der Waals surface area contributed by atoms with Gasteiger partial charge in [-0.05, 0) is 37.0 Å². The summed E-state index contributed by atoms with van der Waals surface area (Å²) >= 11 is 0.